The molecule has 0 atom stereocenters. The third kappa shape index (κ3) is 6.47. The first-order valence-electron chi connectivity index (χ1n) is 11.1. The quantitative estimate of drug-likeness (QED) is 0.237. The second kappa shape index (κ2) is 11.2. The van der Waals surface area contributed by atoms with Crippen LogP contribution in [0.3, 0.4) is 0 Å². The van der Waals surface area contributed by atoms with Gasteiger partial charge in [0.25, 0.3) is 5.91 Å². The van der Waals surface area contributed by atoms with Gasteiger partial charge in [-0.1, -0.05) is 59.2 Å². The Morgan fingerprint density at radius 3 is 2.46 bits per heavy atom. The van der Waals surface area contributed by atoms with Crippen molar-refractivity contribution in [1.29, 1.82) is 0 Å². The highest BCUT2D eigenvalue weighted by atomic mass is 35.5. The number of hydrogen-bond donors (Lipinski definition) is 1. The van der Waals surface area contributed by atoms with E-state index in [0.29, 0.717) is 37.8 Å². The van der Waals surface area contributed by atoms with Crippen molar-refractivity contribution in [2.45, 2.75) is 37.5 Å². The van der Waals surface area contributed by atoms with E-state index in [9.17, 15) is 18.0 Å². The number of nitrogens with zero attached hydrogens (tertiary/aromatic N) is 3. The lowest BCUT2D eigenvalue weighted by Gasteiger charge is -2.13. The summed E-state index contributed by atoms with van der Waals surface area (Å²) in [6.07, 6.45) is -4.43. The minimum atomic E-state index is -4.43. The Morgan fingerprint density at radius 1 is 0.973 bits per heavy atom. The number of halogens is 5. The maximum Gasteiger partial charge on any atom is 0.416 e. The molecular weight excluding hydrogens is 544 g/mol. The number of carbonyl (C=O) groups is 1. The molecule has 5 nitrogen and oxygen atoms in total. The maximum atomic E-state index is 13.1. The van der Waals surface area contributed by atoms with Crippen LogP contribution in [-0.4, -0.2) is 20.7 Å². The van der Waals surface area contributed by atoms with Gasteiger partial charge in [0.2, 0.25) is 0 Å². The number of rotatable bonds is 7. The Kier molecular flexibility index (Phi) is 8.16. The molecule has 4 aromatic rings. The van der Waals surface area contributed by atoms with Crippen LogP contribution in [0, 0.1) is 13.8 Å². The van der Waals surface area contributed by atoms with Crippen LogP contribution in [-0.2, 0) is 18.5 Å². The smallest absolute Gasteiger partial charge is 0.345 e. The second-order valence-corrected chi connectivity index (χ2v) is 10.1. The Labute approximate surface area is 226 Å². The first kappa shape index (κ1) is 27.0. The molecule has 37 heavy (non-hydrogen) atoms. The molecule has 0 saturated heterocycles. The predicted molar refractivity (Wildman–Crippen MR) is 139 cm³/mol. The van der Waals surface area contributed by atoms with Gasteiger partial charge >= 0.3 is 6.18 Å². The summed E-state index contributed by atoms with van der Waals surface area (Å²) in [6.45, 7) is 3.96. The Bertz CT molecular complexity index is 1460. The number of thioether (sulfide) groups is 1. The zero-order chi connectivity index (χ0) is 26.7. The van der Waals surface area contributed by atoms with Crippen molar-refractivity contribution in [1.82, 2.24) is 20.1 Å². The van der Waals surface area contributed by atoms with Gasteiger partial charge in [0.1, 0.15) is 0 Å². The number of aryl methyl sites for hydroxylation is 2. The summed E-state index contributed by atoms with van der Waals surface area (Å²) in [5, 5.41) is 12.4. The average molecular weight is 565 g/mol. The Balaban J connectivity index is 1.60. The zero-order valence-electron chi connectivity index (χ0n) is 19.7. The molecule has 1 amide bonds. The van der Waals surface area contributed by atoms with Crippen LogP contribution in [0.4, 0.5) is 13.2 Å². The van der Waals surface area contributed by atoms with Crippen molar-refractivity contribution in [3.63, 3.8) is 0 Å². The van der Waals surface area contributed by atoms with Crippen LogP contribution in [0.5, 0.6) is 0 Å². The lowest BCUT2D eigenvalue weighted by Crippen LogP contribution is -2.24. The van der Waals surface area contributed by atoms with Crippen LogP contribution in [0.25, 0.3) is 5.69 Å². The van der Waals surface area contributed by atoms with E-state index in [2.05, 4.69) is 15.5 Å². The number of carbonyl (C=O) groups excluding carboxylic acids is 1. The topological polar surface area (TPSA) is 59.8 Å². The fourth-order valence-corrected chi connectivity index (χ4v) is 4.73. The van der Waals surface area contributed by atoms with E-state index in [-0.39, 0.29) is 18.2 Å². The molecule has 192 valence electrons. The summed E-state index contributed by atoms with van der Waals surface area (Å²) in [5.41, 5.74) is 2.96. The van der Waals surface area contributed by atoms with Crippen molar-refractivity contribution in [3.05, 3.63) is 104 Å². The van der Waals surface area contributed by atoms with Crippen molar-refractivity contribution in [3.8, 4) is 5.69 Å². The van der Waals surface area contributed by atoms with Gasteiger partial charge in [0, 0.05) is 11.3 Å². The normalized spacial score (nSPS) is 11.5. The van der Waals surface area contributed by atoms with Gasteiger partial charge in [0.05, 0.1) is 27.8 Å². The van der Waals surface area contributed by atoms with Crippen molar-refractivity contribution in [2.24, 2.45) is 0 Å². The molecule has 1 N–H and O–H groups in total. The van der Waals surface area contributed by atoms with Gasteiger partial charge < -0.3 is 5.32 Å². The number of alkyl halides is 3. The number of aromatic nitrogens is 3. The van der Waals surface area contributed by atoms with Gasteiger partial charge in [-0.2, -0.15) is 13.2 Å². The molecule has 0 aliphatic heterocycles. The van der Waals surface area contributed by atoms with Crippen LogP contribution in [0.1, 0.15) is 38.4 Å². The van der Waals surface area contributed by atoms with Crippen molar-refractivity contribution in [2.75, 3.05) is 0 Å². The zero-order valence-corrected chi connectivity index (χ0v) is 22.1. The highest BCUT2D eigenvalue weighted by Crippen LogP contribution is 2.32. The Hall–Kier alpha value is -3.01. The van der Waals surface area contributed by atoms with Crippen molar-refractivity contribution < 1.29 is 18.0 Å². The van der Waals surface area contributed by atoms with E-state index in [0.717, 1.165) is 23.3 Å². The monoisotopic (exact) mass is 564 g/mol. The average Bonchev–Trinajstić information content (AvgIpc) is 3.27. The molecule has 0 saturated carbocycles. The summed E-state index contributed by atoms with van der Waals surface area (Å²) in [4.78, 5) is 12.8. The minimum absolute atomic E-state index is 0.0587. The summed E-state index contributed by atoms with van der Waals surface area (Å²) >= 11 is 13.5. The van der Waals surface area contributed by atoms with Gasteiger partial charge in [-0.25, -0.2) is 0 Å². The lowest BCUT2D eigenvalue weighted by atomic mass is 10.1. The standard InChI is InChI=1S/C26H21Cl2F3N4OS/c1-15-6-7-18(10-16(15)2)24(36)32-13-23-33-34-25(35(23)20-8-9-21(27)22(28)12-20)37-14-17-4-3-5-19(11-17)26(29,30)31/h3-12H,13-14H2,1-2H3,(H,32,36). The van der Waals surface area contributed by atoms with Crippen LogP contribution >= 0.6 is 35.0 Å². The molecule has 0 unspecified atom stereocenters. The van der Waals surface area contributed by atoms with Crippen LogP contribution < -0.4 is 5.32 Å². The fourth-order valence-electron chi connectivity index (χ4n) is 3.52. The van der Waals surface area contributed by atoms with Crippen molar-refractivity contribution >= 4 is 40.9 Å². The van der Waals surface area contributed by atoms with E-state index in [4.69, 9.17) is 23.2 Å². The first-order chi connectivity index (χ1) is 17.5. The maximum absolute atomic E-state index is 13.1. The van der Waals surface area contributed by atoms with E-state index in [1.165, 1.54) is 17.8 Å². The predicted octanol–water partition coefficient (Wildman–Crippen LogP) is 7.43. The minimum Gasteiger partial charge on any atom is -0.345 e. The van der Waals surface area contributed by atoms with E-state index in [1.807, 2.05) is 26.0 Å². The number of amides is 1. The molecule has 0 spiro atoms. The van der Waals surface area contributed by atoms with Gasteiger partial charge in [-0.3, -0.25) is 9.36 Å². The molecule has 0 radical (unpaired) electrons. The molecule has 3 aromatic carbocycles. The van der Waals surface area contributed by atoms with Crippen LogP contribution in [0.2, 0.25) is 10.0 Å². The number of nitrogens with one attached hydrogen (secondary N) is 1. The number of benzene rings is 3. The van der Waals surface area contributed by atoms with Gasteiger partial charge in [-0.05, 0) is 66.9 Å². The fraction of sp³-hybridized carbons (Fsp3) is 0.192. The van der Waals surface area contributed by atoms with Crippen LogP contribution in [0.15, 0.2) is 65.8 Å². The van der Waals surface area contributed by atoms with Gasteiger partial charge in [0.15, 0.2) is 11.0 Å². The largest absolute Gasteiger partial charge is 0.416 e. The van der Waals surface area contributed by atoms with Gasteiger partial charge in [-0.15, -0.1) is 10.2 Å². The summed E-state index contributed by atoms with van der Waals surface area (Å²) in [5.74, 6) is 0.366. The third-order valence-electron chi connectivity index (χ3n) is 5.66. The SMILES string of the molecule is Cc1ccc(C(=O)NCc2nnc(SCc3cccc(C(F)(F)F)c3)n2-c2ccc(Cl)c(Cl)c2)cc1C. The third-order valence-corrected chi connectivity index (χ3v) is 7.40. The molecule has 0 bridgehead atoms. The molecule has 1 aromatic heterocycles. The second-order valence-electron chi connectivity index (χ2n) is 8.30. The molecule has 0 aliphatic carbocycles. The molecule has 1 heterocycles. The lowest BCUT2D eigenvalue weighted by molar-refractivity contribution is -0.137. The summed E-state index contributed by atoms with van der Waals surface area (Å²) < 4.78 is 41.0. The summed E-state index contributed by atoms with van der Waals surface area (Å²) in [6, 6.07) is 15.5. The molecule has 11 heteroatoms. The summed E-state index contributed by atoms with van der Waals surface area (Å²) in [7, 11) is 0. The van der Waals surface area contributed by atoms with E-state index in [1.54, 1.807) is 34.9 Å². The van der Waals surface area contributed by atoms with E-state index < -0.39 is 11.7 Å². The number of hydrogen-bond acceptors (Lipinski definition) is 4. The molecular formula is C26H21Cl2F3N4OS. The molecule has 0 fully saturated rings. The highest BCUT2D eigenvalue weighted by molar-refractivity contribution is 7.98. The van der Waals surface area contributed by atoms with E-state index >= 15 is 0 Å². The molecule has 4 rings (SSSR count). The first-order valence-corrected chi connectivity index (χ1v) is 12.8. The Morgan fingerprint density at radius 2 is 1.76 bits per heavy atom. The highest BCUT2D eigenvalue weighted by Gasteiger charge is 2.30. The molecule has 0 aliphatic rings.